The van der Waals surface area contributed by atoms with E-state index in [1.807, 2.05) is 0 Å². The molecule has 0 aromatic rings. The molecular formula is C15H20. The zero-order valence-corrected chi connectivity index (χ0v) is 9.74. The van der Waals surface area contributed by atoms with Gasteiger partial charge in [-0.1, -0.05) is 62.5 Å². The van der Waals surface area contributed by atoms with Gasteiger partial charge in [0.15, 0.2) is 0 Å². The molecule has 0 atom stereocenters. The van der Waals surface area contributed by atoms with Crippen LogP contribution in [0, 0.1) is 10.8 Å². The molecule has 0 saturated carbocycles. The van der Waals surface area contributed by atoms with Gasteiger partial charge in [0.25, 0.3) is 0 Å². The Morgan fingerprint density at radius 1 is 0.667 bits per heavy atom. The molecule has 0 amide bonds. The fourth-order valence-electron chi connectivity index (χ4n) is 2.67. The SMILES string of the molecule is CCC1(CC2(CC)C=CC=C2)C=CC=C1. The summed E-state index contributed by atoms with van der Waals surface area (Å²) in [5.41, 5.74) is 0.601. The monoisotopic (exact) mass is 200 g/mol. The van der Waals surface area contributed by atoms with Crippen molar-refractivity contribution in [3.8, 4) is 0 Å². The summed E-state index contributed by atoms with van der Waals surface area (Å²) in [6.07, 6.45) is 21.8. The second-order valence-electron chi connectivity index (χ2n) is 4.79. The molecule has 0 saturated heterocycles. The normalized spacial score (nSPS) is 24.1. The van der Waals surface area contributed by atoms with Gasteiger partial charge in [0, 0.05) is 10.8 Å². The highest BCUT2D eigenvalue weighted by Crippen LogP contribution is 2.46. The van der Waals surface area contributed by atoms with E-state index >= 15 is 0 Å². The third-order valence-corrected chi connectivity index (χ3v) is 3.91. The average Bonchev–Trinajstić information content (AvgIpc) is 2.89. The lowest BCUT2D eigenvalue weighted by Crippen LogP contribution is -2.24. The fraction of sp³-hybridized carbons (Fsp3) is 0.467. The molecular weight excluding hydrogens is 180 g/mol. The smallest absolute Gasteiger partial charge is 0.00758 e. The number of rotatable bonds is 4. The van der Waals surface area contributed by atoms with Crippen LogP contribution in [0.2, 0.25) is 0 Å². The van der Waals surface area contributed by atoms with Gasteiger partial charge >= 0.3 is 0 Å². The molecule has 2 aliphatic carbocycles. The lowest BCUT2D eigenvalue weighted by atomic mass is 9.70. The molecule has 15 heavy (non-hydrogen) atoms. The highest BCUT2D eigenvalue weighted by molar-refractivity contribution is 5.31. The van der Waals surface area contributed by atoms with Crippen molar-refractivity contribution in [2.24, 2.45) is 10.8 Å². The van der Waals surface area contributed by atoms with Crippen molar-refractivity contribution in [2.75, 3.05) is 0 Å². The largest absolute Gasteiger partial charge is 0.0745 e. The van der Waals surface area contributed by atoms with Gasteiger partial charge in [-0.25, -0.2) is 0 Å². The molecule has 0 aromatic carbocycles. The highest BCUT2D eigenvalue weighted by Gasteiger charge is 2.34. The van der Waals surface area contributed by atoms with E-state index in [4.69, 9.17) is 0 Å². The van der Waals surface area contributed by atoms with Gasteiger partial charge in [0.05, 0.1) is 0 Å². The van der Waals surface area contributed by atoms with Crippen molar-refractivity contribution in [1.29, 1.82) is 0 Å². The van der Waals surface area contributed by atoms with E-state index in [9.17, 15) is 0 Å². The standard InChI is InChI=1S/C15H20/c1-3-14(9-5-6-10-14)13-15(4-2)11-7-8-12-15/h5-12H,3-4,13H2,1-2H3. The van der Waals surface area contributed by atoms with Crippen molar-refractivity contribution < 1.29 is 0 Å². The maximum Gasteiger partial charge on any atom is 0.00758 e. The summed E-state index contributed by atoms with van der Waals surface area (Å²) < 4.78 is 0. The van der Waals surface area contributed by atoms with Crippen molar-refractivity contribution in [3.05, 3.63) is 48.6 Å². The van der Waals surface area contributed by atoms with Crippen molar-refractivity contribution in [1.82, 2.24) is 0 Å². The Labute approximate surface area is 93.1 Å². The van der Waals surface area contributed by atoms with Crippen LogP contribution in [0.4, 0.5) is 0 Å². The third-order valence-electron chi connectivity index (χ3n) is 3.91. The predicted molar refractivity (Wildman–Crippen MR) is 66.6 cm³/mol. The van der Waals surface area contributed by atoms with Crippen molar-refractivity contribution in [2.45, 2.75) is 33.1 Å². The molecule has 0 N–H and O–H groups in total. The van der Waals surface area contributed by atoms with E-state index in [2.05, 4.69) is 62.5 Å². The molecule has 2 aliphatic rings. The van der Waals surface area contributed by atoms with E-state index in [0.29, 0.717) is 10.8 Å². The molecule has 0 spiro atoms. The fourth-order valence-corrected chi connectivity index (χ4v) is 2.67. The van der Waals surface area contributed by atoms with Crippen LogP contribution in [0.1, 0.15) is 33.1 Å². The lowest BCUT2D eigenvalue weighted by molar-refractivity contribution is 0.305. The van der Waals surface area contributed by atoms with Crippen LogP contribution >= 0.6 is 0 Å². The quantitative estimate of drug-likeness (QED) is 0.630. The molecule has 0 bridgehead atoms. The van der Waals surface area contributed by atoms with Crippen LogP contribution in [0.5, 0.6) is 0 Å². The van der Waals surface area contributed by atoms with Gasteiger partial charge < -0.3 is 0 Å². The van der Waals surface area contributed by atoms with Crippen LogP contribution in [-0.4, -0.2) is 0 Å². The molecule has 2 rings (SSSR count). The molecule has 0 fully saturated rings. The molecule has 0 unspecified atom stereocenters. The maximum atomic E-state index is 2.37. The predicted octanol–water partition coefficient (Wildman–Crippen LogP) is 4.42. The minimum atomic E-state index is 0.301. The van der Waals surface area contributed by atoms with Crippen LogP contribution in [0.25, 0.3) is 0 Å². The lowest BCUT2D eigenvalue weighted by Gasteiger charge is -2.34. The Bertz CT molecular complexity index is 281. The van der Waals surface area contributed by atoms with E-state index in [1.54, 1.807) is 0 Å². The molecule has 0 nitrogen and oxygen atoms in total. The highest BCUT2D eigenvalue weighted by atomic mass is 14.4. The first-order valence-electron chi connectivity index (χ1n) is 5.98. The maximum absolute atomic E-state index is 2.37. The molecule has 0 heterocycles. The minimum Gasteiger partial charge on any atom is -0.0745 e. The number of allylic oxidation sites excluding steroid dienone is 8. The molecule has 0 heteroatoms. The summed E-state index contributed by atoms with van der Waals surface area (Å²) in [6.45, 7) is 4.57. The summed E-state index contributed by atoms with van der Waals surface area (Å²) in [4.78, 5) is 0. The van der Waals surface area contributed by atoms with Crippen LogP contribution in [-0.2, 0) is 0 Å². The Kier molecular flexibility index (Phi) is 2.68. The molecule has 80 valence electrons. The van der Waals surface area contributed by atoms with Gasteiger partial charge in [0.2, 0.25) is 0 Å². The Balaban J connectivity index is 2.19. The Morgan fingerprint density at radius 3 is 1.27 bits per heavy atom. The van der Waals surface area contributed by atoms with E-state index < -0.39 is 0 Å². The van der Waals surface area contributed by atoms with Crippen LogP contribution < -0.4 is 0 Å². The summed E-state index contributed by atoms with van der Waals surface area (Å²) in [5, 5.41) is 0. The minimum absolute atomic E-state index is 0.301. The topological polar surface area (TPSA) is 0 Å². The van der Waals surface area contributed by atoms with Gasteiger partial charge in [-0.15, -0.1) is 0 Å². The first-order valence-corrected chi connectivity index (χ1v) is 5.98. The first kappa shape index (κ1) is 10.5. The second kappa shape index (κ2) is 3.84. The van der Waals surface area contributed by atoms with Crippen LogP contribution in [0.3, 0.4) is 0 Å². The van der Waals surface area contributed by atoms with Gasteiger partial charge in [-0.3, -0.25) is 0 Å². The summed E-state index contributed by atoms with van der Waals surface area (Å²) in [7, 11) is 0. The molecule has 0 radical (unpaired) electrons. The second-order valence-corrected chi connectivity index (χ2v) is 4.79. The summed E-state index contributed by atoms with van der Waals surface area (Å²) in [5.74, 6) is 0. The molecule has 0 aromatic heterocycles. The van der Waals surface area contributed by atoms with E-state index in [1.165, 1.54) is 19.3 Å². The van der Waals surface area contributed by atoms with Crippen molar-refractivity contribution in [3.63, 3.8) is 0 Å². The summed E-state index contributed by atoms with van der Waals surface area (Å²) in [6, 6.07) is 0. The zero-order valence-electron chi connectivity index (χ0n) is 9.74. The average molecular weight is 200 g/mol. The van der Waals surface area contributed by atoms with Gasteiger partial charge in [-0.2, -0.15) is 0 Å². The summed E-state index contributed by atoms with van der Waals surface area (Å²) >= 11 is 0. The van der Waals surface area contributed by atoms with Gasteiger partial charge in [0.1, 0.15) is 0 Å². The third kappa shape index (κ3) is 1.86. The van der Waals surface area contributed by atoms with E-state index in [-0.39, 0.29) is 0 Å². The van der Waals surface area contributed by atoms with E-state index in [0.717, 1.165) is 0 Å². The Hall–Kier alpha value is -1.04. The van der Waals surface area contributed by atoms with Crippen LogP contribution in [0.15, 0.2) is 48.6 Å². The van der Waals surface area contributed by atoms with Crippen molar-refractivity contribution >= 4 is 0 Å². The Morgan fingerprint density at radius 2 is 1.00 bits per heavy atom. The zero-order chi connectivity index (χ0) is 10.8. The molecule has 0 aliphatic heterocycles. The first-order chi connectivity index (χ1) is 7.24. The van der Waals surface area contributed by atoms with Gasteiger partial charge in [-0.05, 0) is 19.3 Å². The number of hydrogen-bond donors (Lipinski definition) is 0. The number of hydrogen-bond acceptors (Lipinski definition) is 0.